The second-order valence-corrected chi connectivity index (χ2v) is 6.80. The summed E-state index contributed by atoms with van der Waals surface area (Å²) in [4.78, 5) is 14.3. The Morgan fingerprint density at radius 3 is 2.41 bits per heavy atom. The van der Waals surface area contributed by atoms with Crippen LogP contribution in [0.25, 0.3) is 0 Å². The van der Waals surface area contributed by atoms with Gasteiger partial charge in [-0.1, -0.05) is 42.5 Å². The molecule has 2 aromatic carbocycles. The number of hydrogen-bond acceptors (Lipinski definition) is 3. The van der Waals surface area contributed by atoms with Gasteiger partial charge in [-0.05, 0) is 30.2 Å². The fraction of sp³-hybridized carbons (Fsp3) is 0.350. The van der Waals surface area contributed by atoms with Crippen LogP contribution < -0.4 is 11.1 Å². The highest BCUT2D eigenvalue weighted by Crippen LogP contribution is 2.35. The van der Waals surface area contributed by atoms with Gasteiger partial charge in [0.2, 0.25) is 5.91 Å². The van der Waals surface area contributed by atoms with Crippen molar-refractivity contribution < 1.29 is 18.0 Å². The van der Waals surface area contributed by atoms with Gasteiger partial charge in [0.05, 0.1) is 17.8 Å². The largest absolute Gasteiger partial charge is 0.418 e. The zero-order chi connectivity index (χ0) is 19.4. The third-order valence-electron chi connectivity index (χ3n) is 4.92. The first-order valence-corrected chi connectivity index (χ1v) is 8.82. The molecule has 1 saturated heterocycles. The molecule has 3 N–H and O–H groups in total. The number of nitrogens with one attached hydrogen (secondary N) is 1. The minimum absolute atomic E-state index is 0.0338. The molecule has 0 aromatic heterocycles. The summed E-state index contributed by atoms with van der Waals surface area (Å²) < 4.78 is 39.2. The molecular weight excluding hydrogens is 355 g/mol. The van der Waals surface area contributed by atoms with E-state index >= 15 is 0 Å². The highest BCUT2D eigenvalue weighted by atomic mass is 19.4. The molecular formula is C20H22F3N3O. The van der Waals surface area contributed by atoms with Gasteiger partial charge in [-0.2, -0.15) is 13.2 Å². The van der Waals surface area contributed by atoms with Gasteiger partial charge in [-0.3, -0.25) is 9.69 Å². The molecule has 0 saturated carbocycles. The average molecular weight is 377 g/mol. The standard InChI is InChI=1S/C20H22F3N3O/c21-20(22,23)17-8-4-5-9-18(17)25-19(27)13-26-11-15(10-24)16(12-26)14-6-2-1-3-7-14/h1-9,15-16H,10-13,24H2,(H,25,27)/t15-,16+/m1/s1. The number of hydrogen-bond donors (Lipinski definition) is 2. The van der Waals surface area contributed by atoms with Gasteiger partial charge in [0.25, 0.3) is 0 Å². The van der Waals surface area contributed by atoms with Crippen molar-refractivity contribution in [2.45, 2.75) is 12.1 Å². The number of likely N-dealkylation sites (tertiary alicyclic amines) is 1. The van der Waals surface area contributed by atoms with Crippen molar-refractivity contribution in [3.05, 3.63) is 65.7 Å². The first-order chi connectivity index (χ1) is 12.9. The third kappa shape index (κ3) is 4.67. The second kappa shape index (κ2) is 8.10. The molecule has 27 heavy (non-hydrogen) atoms. The first kappa shape index (κ1) is 19.4. The molecule has 0 spiro atoms. The molecule has 0 bridgehead atoms. The fourth-order valence-corrected chi connectivity index (χ4v) is 3.64. The number of carbonyl (C=O) groups excluding carboxylic acids is 1. The van der Waals surface area contributed by atoms with Crippen LogP contribution in [0, 0.1) is 5.92 Å². The molecule has 3 rings (SSSR count). The average Bonchev–Trinajstić information content (AvgIpc) is 3.04. The van der Waals surface area contributed by atoms with Gasteiger partial charge in [-0.25, -0.2) is 0 Å². The fourth-order valence-electron chi connectivity index (χ4n) is 3.64. The Labute approximate surface area is 156 Å². The van der Waals surface area contributed by atoms with E-state index in [0.29, 0.717) is 19.6 Å². The maximum atomic E-state index is 13.1. The van der Waals surface area contributed by atoms with Crippen molar-refractivity contribution in [1.29, 1.82) is 0 Å². The van der Waals surface area contributed by atoms with Crippen LogP contribution in [0.3, 0.4) is 0 Å². The van der Waals surface area contributed by atoms with E-state index in [-0.39, 0.29) is 24.1 Å². The minimum atomic E-state index is -4.51. The predicted octanol–water partition coefficient (Wildman–Crippen LogP) is 3.32. The zero-order valence-corrected chi connectivity index (χ0v) is 14.7. The number of alkyl halides is 3. The lowest BCUT2D eigenvalue weighted by Gasteiger charge is -2.17. The van der Waals surface area contributed by atoms with Crippen LogP contribution in [0.15, 0.2) is 54.6 Å². The Hall–Kier alpha value is -2.38. The van der Waals surface area contributed by atoms with Crippen molar-refractivity contribution >= 4 is 11.6 Å². The topological polar surface area (TPSA) is 58.4 Å². The maximum absolute atomic E-state index is 13.1. The van der Waals surface area contributed by atoms with Crippen molar-refractivity contribution in [2.75, 3.05) is 31.5 Å². The van der Waals surface area contributed by atoms with Crippen molar-refractivity contribution in [3.8, 4) is 0 Å². The van der Waals surface area contributed by atoms with Crippen LogP contribution in [0.2, 0.25) is 0 Å². The van der Waals surface area contributed by atoms with E-state index in [1.807, 2.05) is 35.2 Å². The Morgan fingerprint density at radius 2 is 1.74 bits per heavy atom. The van der Waals surface area contributed by atoms with Crippen molar-refractivity contribution in [3.63, 3.8) is 0 Å². The number of halogens is 3. The monoisotopic (exact) mass is 377 g/mol. The molecule has 2 atom stereocenters. The minimum Gasteiger partial charge on any atom is -0.330 e. The molecule has 0 aliphatic carbocycles. The van der Waals surface area contributed by atoms with Crippen molar-refractivity contribution in [1.82, 2.24) is 4.90 Å². The number of amides is 1. The Morgan fingerprint density at radius 1 is 1.07 bits per heavy atom. The van der Waals surface area contributed by atoms with Gasteiger partial charge in [0.15, 0.2) is 0 Å². The summed E-state index contributed by atoms with van der Waals surface area (Å²) >= 11 is 0. The first-order valence-electron chi connectivity index (χ1n) is 8.82. The molecule has 1 aliphatic rings. The van der Waals surface area contributed by atoms with E-state index in [2.05, 4.69) is 5.32 Å². The molecule has 1 aliphatic heterocycles. The summed E-state index contributed by atoms with van der Waals surface area (Å²) in [5.41, 5.74) is 5.99. The smallest absolute Gasteiger partial charge is 0.330 e. The maximum Gasteiger partial charge on any atom is 0.418 e. The lowest BCUT2D eigenvalue weighted by atomic mass is 9.89. The van der Waals surface area contributed by atoms with E-state index < -0.39 is 17.6 Å². The van der Waals surface area contributed by atoms with E-state index in [0.717, 1.165) is 6.07 Å². The van der Waals surface area contributed by atoms with Crippen LogP contribution in [0.1, 0.15) is 17.0 Å². The van der Waals surface area contributed by atoms with E-state index in [1.54, 1.807) is 0 Å². The zero-order valence-electron chi connectivity index (χ0n) is 14.7. The van der Waals surface area contributed by atoms with Gasteiger partial charge in [-0.15, -0.1) is 0 Å². The molecule has 4 nitrogen and oxygen atoms in total. The van der Waals surface area contributed by atoms with E-state index in [4.69, 9.17) is 5.73 Å². The third-order valence-corrected chi connectivity index (χ3v) is 4.92. The van der Waals surface area contributed by atoms with Crippen LogP contribution in [-0.4, -0.2) is 37.0 Å². The molecule has 0 unspecified atom stereocenters. The van der Waals surface area contributed by atoms with Crippen LogP contribution in [-0.2, 0) is 11.0 Å². The summed E-state index contributed by atoms with van der Waals surface area (Å²) in [6.07, 6.45) is -4.51. The van der Waals surface area contributed by atoms with E-state index in [1.165, 1.54) is 23.8 Å². The summed E-state index contributed by atoms with van der Waals surface area (Å²) in [5.74, 6) is -0.0368. The molecule has 1 amide bonds. The SMILES string of the molecule is NC[C@@H]1CN(CC(=O)Nc2ccccc2C(F)(F)F)C[C@H]1c1ccccc1. The molecule has 0 radical (unpaired) electrons. The second-order valence-electron chi connectivity index (χ2n) is 6.80. The van der Waals surface area contributed by atoms with Gasteiger partial charge < -0.3 is 11.1 Å². The lowest BCUT2D eigenvalue weighted by Crippen LogP contribution is -2.32. The number of anilines is 1. The number of benzene rings is 2. The van der Waals surface area contributed by atoms with Crippen LogP contribution in [0.5, 0.6) is 0 Å². The molecule has 7 heteroatoms. The summed E-state index contributed by atoms with van der Waals surface area (Å²) in [6.45, 7) is 1.82. The van der Waals surface area contributed by atoms with Crippen LogP contribution in [0.4, 0.5) is 18.9 Å². The quantitative estimate of drug-likeness (QED) is 0.841. The number of para-hydroxylation sites is 1. The summed E-state index contributed by atoms with van der Waals surface area (Å²) in [5, 5.41) is 2.40. The van der Waals surface area contributed by atoms with Gasteiger partial charge in [0, 0.05) is 19.0 Å². The number of rotatable bonds is 5. The number of carbonyl (C=O) groups is 1. The normalized spacial score (nSPS) is 20.6. The van der Waals surface area contributed by atoms with Gasteiger partial charge in [0.1, 0.15) is 0 Å². The Balaban J connectivity index is 1.66. The number of nitrogens with two attached hydrogens (primary N) is 1. The lowest BCUT2D eigenvalue weighted by molar-refractivity contribution is -0.137. The number of nitrogens with zero attached hydrogens (tertiary/aromatic N) is 1. The Kier molecular flexibility index (Phi) is 5.82. The van der Waals surface area contributed by atoms with Crippen LogP contribution >= 0.6 is 0 Å². The molecule has 144 valence electrons. The summed E-state index contributed by atoms with van der Waals surface area (Å²) in [6, 6.07) is 14.9. The summed E-state index contributed by atoms with van der Waals surface area (Å²) in [7, 11) is 0. The molecule has 1 heterocycles. The molecule has 2 aromatic rings. The Bertz CT molecular complexity index is 780. The molecule has 1 fully saturated rings. The predicted molar refractivity (Wildman–Crippen MR) is 98.2 cm³/mol. The highest BCUT2D eigenvalue weighted by Gasteiger charge is 2.35. The highest BCUT2D eigenvalue weighted by molar-refractivity contribution is 5.93. The van der Waals surface area contributed by atoms with Gasteiger partial charge >= 0.3 is 6.18 Å². The van der Waals surface area contributed by atoms with Crippen molar-refractivity contribution in [2.24, 2.45) is 11.7 Å². The van der Waals surface area contributed by atoms with E-state index in [9.17, 15) is 18.0 Å².